The van der Waals surface area contributed by atoms with Gasteiger partial charge in [0.1, 0.15) is 11.3 Å². The fourth-order valence-corrected chi connectivity index (χ4v) is 4.58. The maximum atomic E-state index is 11.2. The minimum Gasteiger partial charge on any atom is -0.507 e. The van der Waals surface area contributed by atoms with Gasteiger partial charge in [-0.3, -0.25) is 4.98 Å². The van der Waals surface area contributed by atoms with Gasteiger partial charge in [-0.1, -0.05) is 84.8 Å². The van der Waals surface area contributed by atoms with Crippen molar-refractivity contribution in [2.24, 2.45) is 0 Å². The molecule has 6 rings (SSSR count). The summed E-state index contributed by atoms with van der Waals surface area (Å²) in [7, 11) is 0. The van der Waals surface area contributed by atoms with Crippen LogP contribution in [0.15, 0.2) is 114 Å². The van der Waals surface area contributed by atoms with E-state index in [9.17, 15) is 5.11 Å². The van der Waals surface area contributed by atoms with Gasteiger partial charge in [-0.15, -0.1) is 29.8 Å². The maximum Gasteiger partial charge on any atom is 0.230 e. The Morgan fingerprint density at radius 1 is 0.757 bits per heavy atom. The maximum absolute atomic E-state index is 11.2. The fourth-order valence-electron chi connectivity index (χ4n) is 4.58. The Morgan fingerprint density at radius 2 is 1.49 bits per heavy atom. The second kappa shape index (κ2) is 10.5. The summed E-state index contributed by atoms with van der Waals surface area (Å²) in [5.74, 6) is 0.596. The predicted octanol–water partition coefficient (Wildman–Crippen LogP) is 7.88. The van der Waals surface area contributed by atoms with Crippen LogP contribution in [0.3, 0.4) is 0 Å². The number of nitrogens with zero attached hydrogens (tertiary/aromatic N) is 2. The molecule has 0 fully saturated rings. The molecule has 0 aliphatic carbocycles. The van der Waals surface area contributed by atoms with E-state index in [1.807, 2.05) is 91.0 Å². The summed E-state index contributed by atoms with van der Waals surface area (Å²) in [5.41, 5.74) is 7.50. The first-order valence-electron chi connectivity index (χ1n) is 11.9. The van der Waals surface area contributed by atoms with E-state index in [0.29, 0.717) is 17.0 Å². The number of fused-ring (bicyclic) bond motifs is 1. The predicted molar refractivity (Wildman–Crippen MR) is 143 cm³/mol. The first-order chi connectivity index (χ1) is 17.7. The van der Waals surface area contributed by atoms with Crippen molar-refractivity contribution in [3.63, 3.8) is 0 Å². The molecule has 0 saturated heterocycles. The molecular weight excluding hydrogens is 639 g/mol. The monoisotopic (exact) mass is 662 g/mol. The molecule has 0 aliphatic heterocycles. The van der Waals surface area contributed by atoms with Crippen LogP contribution in [0.25, 0.3) is 44.9 Å². The van der Waals surface area contributed by atoms with E-state index in [4.69, 9.17) is 9.40 Å². The van der Waals surface area contributed by atoms with Crippen molar-refractivity contribution in [1.82, 2.24) is 9.97 Å². The molecular formula is C32H23N2O2Pt-. The van der Waals surface area contributed by atoms with Crippen LogP contribution in [0, 0.1) is 6.07 Å². The molecule has 1 N–H and O–H groups in total. The minimum atomic E-state index is 0. The van der Waals surface area contributed by atoms with Gasteiger partial charge in [-0.25, -0.2) is 4.98 Å². The molecule has 0 aliphatic rings. The van der Waals surface area contributed by atoms with Crippen molar-refractivity contribution in [3.8, 4) is 39.6 Å². The minimum absolute atomic E-state index is 0. The summed E-state index contributed by atoms with van der Waals surface area (Å²) in [6.07, 6.45) is 1.78. The zero-order valence-electron chi connectivity index (χ0n) is 20.0. The van der Waals surface area contributed by atoms with Gasteiger partial charge in [0.25, 0.3) is 0 Å². The average molecular weight is 663 g/mol. The number of rotatable bonds is 5. The summed E-state index contributed by atoms with van der Waals surface area (Å²) in [4.78, 5) is 9.28. The topological polar surface area (TPSA) is 59.2 Å². The standard InChI is InChI=1S/C32H23N2O2.Pt/c1-21(22-10-3-2-4-11-22)25-14-8-16-27(31(25)35)32-34-30-26(15-9-18-29(30)36-32)23-12-7-13-24(20-23)28-17-5-6-19-33-28;/h2-19,21,35H,1H3;/q-1;. The summed E-state index contributed by atoms with van der Waals surface area (Å²) in [6, 6.07) is 37.0. The Bertz CT molecular complexity index is 1660. The van der Waals surface area contributed by atoms with Crippen LogP contribution < -0.4 is 0 Å². The SMILES string of the molecule is CC(c1ccccc1)c1cccc(-c2nc3c(-c4[c-]c(-c5ccccn5)ccc4)cccc3o2)c1O.[Pt]. The van der Waals surface area contributed by atoms with Crippen LogP contribution in [0.4, 0.5) is 0 Å². The molecule has 37 heavy (non-hydrogen) atoms. The van der Waals surface area contributed by atoms with Crippen LogP contribution in [0.5, 0.6) is 5.75 Å². The molecule has 0 amide bonds. The van der Waals surface area contributed by atoms with Crippen molar-refractivity contribution in [3.05, 3.63) is 127 Å². The molecule has 4 aromatic carbocycles. The molecule has 0 bridgehead atoms. The number of aromatic hydroxyl groups is 1. The van der Waals surface area contributed by atoms with Crippen LogP contribution in [0.2, 0.25) is 0 Å². The average Bonchev–Trinajstić information content (AvgIpc) is 3.38. The number of benzene rings is 4. The van der Waals surface area contributed by atoms with E-state index in [2.05, 4.69) is 30.1 Å². The molecule has 0 radical (unpaired) electrons. The Labute approximate surface area is 229 Å². The number of phenolic OH excluding ortho intramolecular Hbond substituents is 1. The molecule has 4 nitrogen and oxygen atoms in total. The normalized spacial score (nSPS) is 11.7. The zero-order chi connectivity index (χ0) is 24.5. The molecule has 0 saturated carbocycles. The van der Waals surface area contributed by atoms with Gasteiger partial charge in [0, 0.05) is 44.4 Å². The zero-order valence-corrected chi connectivity index (χ0v) is 22.3. The molecule has 184 valence electrons. The molecule has 1 atom stereocenters. The number of hydrogen-bond acceptors (Lipinski definition) is 4. The van der Waals surface area contributed by atoms with Crippen LogP contribution in [0.1, 0.15) is 24.0 Å². The van der Waals surface area contributed by atoms with Gasteiger partial charge < -0.3 is 9.52 Å². The van der Waals surface area contributed by atoms with Gasteiger partial charge in [0.2, 0.25) is 5.89 Å². The van der Waals surface area contributed by atoms with Crippen molar-refractivity contribution in [2.45, 2.75) is 12.8 Å². The van der Waals surface area contributed by atoms with E-state index in [1.165, 1.54) is 0 Å². The van der Waals surface area contributed by atoms with E-state index < -0.39 is 0 Å². The van der Waals surface area contributed by atoms with E-state index >= 15 is 0 Å². The van der Waals surface area contributed by atoms with Gasteiger partial charge in [-0.05, 0) is 23.8 Å². The molecule has 1 unspecified atom stereocenters. The molecule has 0 spiro atoms. The molecule has 2 aromatic heterocycles. The van der Waals surface area contributed by atoms with E-state index in [1.54, 1.807) is 6.20 Å². The second-order valence-corrected chi connectivity index (χ2v) is 8.74. The van der Waals surface area contributed by atoms with Crippen molar-refractivity contribution >= 4 is 11.1 Å². The first kappa shape index (κ1) is 24.7. The van der Waals surface area contributed by atoms with Gasteiger partial charge in [-0.2, -0.15) is 0 Å². The number of aromatic nitrogens is 2. The molecule has 6 aromatic rings. The molecule has 5 heteroatoms. The third kappa shape index (κ3) is 4.73. The third-order valence-corrected chi connectivity index (χ3v) is 6.51. The van der Waals surface area contributed by atoms with Gasteiger partial charge in [0.05, 0.1) is 11.1 Å². The number of hydrogen-bond donors (Lipinski definition) is 1. The second-order valence-electron chi connectivity index (χ2n) is 8.74. The molecule has 2 heterocycles. The van der Waals surface area contributed by atoms with Crippen molar-refractivity contribution in [1.29, 1.82) is 0 Å². The summed E-state index contributed by atoms with van der Waals surface area (Å²) < 4.78 is 6.16. The quantitative estimate of drug-likeness (QED) is 0.191. The summed E-state index contributed by atoms with van der Waals surface area (Å²) >= 11 is 0. The van der Waals surface area contributed by atoms with Gasteiger partial charge in [0.15, 0.2) is 0 Å². The Morgan fingerprint density at radius 3 is 2.30 bits per heavy atom. The third-order valence-electron chi connectivity index (χ3n) is 6.51. The number of oxazole rings is 1. The number of para-hydroxylation sites is 2. The Balaban J connectivity index is 0.00000280. The van der Waals surface area contributed by atoms with Crippen LogP contribution in [-0.4, -0.2) is 15.1 Å². The fraction of sp³-hybridized carbons (Fsp3) is 0.0625. The Hall–Kier alpha value is -4.01. The van der Waals surface area contributed by atoms with E-state index in [-0.39, 0.29) is 32.7 Å². The number of pyridine rings is 1. The smallest absolute Gasteiger partial charge is 0.230 e. The first-order valence-corrected chi connectivity index (χ1v) is 11.9. The van der Waals surface area contributed by atoms with Gasteiger partial charge >= 0.3 is 0 Å². The van der Waals surface area contributed by atoms with E-state index in [0.717, 1.165) is 39.0 Å². The summed E-state index contributed by atoms with van der Waals surface area (Å²) in [6.45, 7) is 2.09. The summed E-state index contributed by atoms with van der Waals surface area (Å²) in [5, 5.41) is 11.2. The van der Waals surface area contributed by atoms with Crippen molar-refractivity contribution < 1.29 is 30.6 Å². The van der Waals surface area contributed by atoms with Crippen LogP contribution in [-0.2, 0) is 21.1 Å². The Kier molecular flexibility index (Phi) is 7.03. The number of phenols is 1. The van der Waals surface area contributed by atoms with Crippen molar-refractivity contribution in [2.75, 3.05) is 0 Å². The van der Waals surface area contributed by atoms with Crippen LogP contribution >= 0.6 is 0 Å². The largest absolute Gasteiger partial charge is 0.507 e.